The SMILES string of the molecule is CC(C)NCC1(Cc2ccc(F)cc2)CCOC1C1CC1. The third-order valence-electron chi connectivity index (χ3n) is 4.88. The van der Waals surface area contributed by atoms with Crippen molar-refractivity contribution in [1.82, 2.24) is 5.32 Å². The number of hydrogen-bond donors (Lipinski definition) is 1. The fourth-order valence-corrected chi connectivity index (χ4v) is 3.60. The summed E-state index contributed by atoms with van der Waals surface area (Å²) in [7, 11) is 0. The summed E-state index contributed by atoms with van der Waals surface area (Å²) in [5, 5.41) is 3.62. The minimum atomic E-state index is -0.158. The zero-order chi connectivity index (χ0) is 14.9. The molecule has 21 heavy (non-hydrogen) atoms. The summed E-state index contributed by atoms with van der Waals surface area (Å²) in [5.41, 5.74) is 1.39. The van der Waals surface area contributed by atoms with Crippen LogP contribution < -0.4 is 5.32 Å². The lowest BCUT2D eigenvalue weighted by Gasteiger charge is -2.35. The molecule has 0 amide bonds. The summed E-state index contributed by atoms with van der Waals surface area (Å²) in [6.45, 7) is 6.23. The summed E-state index contributed by atoms with van der Waals surface area (Å²) in [4.78, 5) is 0. The molecule has 3 rings (SSSR count). The molecule has 1 aromatic rings. The van der Waals surface area contributed by atoms with E-state index in [4.69, 9.17) is 4.74 Å². The molecule has 1 N–H and O–H groups in total. The molecule has 1 heterocycles. The molecule has 2 aliphatic rings. The van der Waals surface area contributed by atoms with Crippen LogP contribution in [-0.2, 0) is 11.2 Å². The predicted octanol–water partition coefficient (Wildman–Crippen LogP) is 3.55. The zero-order valence-electron chi connectivity index (χ0n) is 13.1. The first-order chi connectivity index (χ1) is 10.1. The van der Waals surface area contributed by atoms with Crippen molar-refractivity contribution in [3.05, 3.63) is 35.6 Å². The van der Waals surface area contributed by atoms with E-state index in [1.54, 1.807) is 12.1 Å². The van der Waals surface area contributed by atoms with E-state index in [9.17, 15) is 4.39 Å². The minimum absolute atomic E-state index is 0.158. The summed E-state index contributed by atoms with van der Waals surface area (Å²) in [6.07, 6.45) is 5.06. The first-order valence-corrected chi connectivity index (χ1v) is 8.18. The van der Waals surface area contributed by atoms with Crippen molar-refractivity contribution in [3.8, 4) is 0 Å². The lowest BCUT2D eigenvalue weighted by Crippen LogP contribution is -2.45. The van der Waals surface area contributed by atoms with E-state index in [2.05, 4.69) is 19.2 Å². The Morgan fingerprint density at radius 3 is 2.62 bits per heavy atom. The van der Waals surface area contributed by atoms with Crippen LogP contribution in [0.5, 0.6) is 0 Å². The highest BCUT2D eigenvalue weighted by atomic mass is 19.1. The Labute approximate surface area is 127 Å². The third kappa shape index (κ3) is 3.46. The monoisotopic (exact) mass is 291 g/mol. The van der Waals surface area contributed by atoms with E-state index >= 15 is 0 Å². The van der Waals surface area contributed by atoms with Crippen LogP contribution in [0.4, 0.5) is 4.39 Å². The second kappa shape index (κ2) is 6.05. The third-order valence-corrected chi connectivity index (χ3v) is 4.88. The summed E-state index contributed by atoms with van der Waals surface area (Å²) in [5.74, 6) is 0.580. The molecule has 1 saturated heterocycles. The number of ether oxygens (including phenoxy) is 1. The standard InChI is InChI=1S/C18H26FNO/c1-13(2)20-12-18(9-10-21-17(18)15-5-6-15)11-14-3-7-16(19)8-4-14/h3-4,7-8,13,15,17,20H,5-6,9-12H2,1-2H3. The van der Waals surface area contributed by atoms with Gasteiger partial charge in [-0.25, -0.2) is 4.39 Å². The van der Waals surface area contributed by atoms with Gasteiger partial charge >= 0.3 is 0 Å². The lowest BCUT2D eigenvalue weighted by atomic mass is 9.74. The molecule has 0 radical (unpaired) electrons. The average Bonchev–Trinajstić information content (AvgIpc) is 3.21. The maximum absolute atomic E-state index is 13.1. The highest BCUT2D eigenvalue weighted by molar-refractivity contribution is 5.20. The van der Waals surface area contributed by atoms with Gasteiger partial charge in [0, 0.05) is 24.6 Å². The molecular formula is C18H26FNO. The highest BCUT2D eigenvalue weighted by Gasteiger charge is 2.50. The van der Waals surface area contributed by atoms with Crippen LogP contribution in [0.1, 0.15) is 38.7 Å². The molecular weight excluding hydrogens is 265 g/mol. The first kappa shape index (κ1) is 15.0. The molecule has 3 heteroatoms. The Balaban J connectivity index is 1.79. The van der Waals surface area contributed by atoms with E-state index in [1.165, 1.54) is 18.4 Å². The Morgan fingerprint density at radius 1 is 1.29 bits per heavy atom. The fourth-order valence-electron chi connectivity index (χ4n) is 3.60. The van der Waals surface area contributed by atoms with Crippen molar-refractivity contribution in [1.29, 1.82) is 0 Å². The van der Waals surface area contributed by atoms with E-state index in [0.717, 1.165) is 31.9 Å². The summed E-state index contributed by atoms with van der Waals surface area (Å²) in [6, 6.07) is 7.47. The predicted molar refractivity (Wildman–Crippen MR) is 82.8 cm³/mol. The van der Waals surface area contributed by atoms with Crippen molar-refractivity contribution >= 4 is 0 Å². The van der Waals surface area contributed by atoms with Crippen molar-refractivity contribution in [2.24, 2.45) is 11.3 Å². The Bertz CT molecular complexity index is 469. The normalized spacial score (nSPS) is 29.2. The van der Waals surface area contributed by atoms with Gasteiger partial charge in [0.1, 0.15) is 5.82 Å². The van der Waals surface area contributed by atoms with Gasteiger partial charge in [0.05, 0.1) is 6.10 Å². The van der Waals surface area contributed by atoms with Crippen LogP contribution in [0.15, 0.2) is 24.3 Å². The van der Waals surface area contributed by atoms with Gasteiger partial charge in [-0.05, 0) is 49.3 Å². The topological polar surface area (TPSA) is 21.3 Å². The molecule has 0 spiro atoms. The molecule has 1 saturated carbocycles. The molecule has 2 atom stereocenters. The molecule has 2 fully saturated rings. The van der Waals surface area contributed by atoms with Crippen LogP contribution in [-0.4, -0.2) is 25.3 Å². The van der Waals surface area contributed by atoms with Gasteiger partial charge in [-0.1, -0.05) is 26.0 Å². The van der Waals surface area contributed by atoms with Gasteiger partial charge in [0.15, 0.2) is 0 Å². The molecule has 1 aromatic carbocycles. The van der Waals surface area contributed by atoms with Crippen molar-refractivity contribution < 1.29 is 9.13 Å². The van der Waals surface area contributed by atoms with Gasteiger partial charge in [0.2, 0.25) is 0 Å². The molecule has 0 aromatic heterocycles. The van der Waals surface area contributed by atoms with Gasteiger partial charge in [-0.15, -0.1) is 0 Å². The van der Waals surface area contributed by atoms with Gasteiger partial charge in [-0.3, -0.25) is 0 Å². The first-order valence-electron chi connectivity index (χ1n) is 8.18. The largest absolute Gasteiger partial charge is 0.377 e. The van der Waals surface area contributed by atoms with Crippen molar-refractivity contribution in [2.45, 2.75) is 51.7 Å². The van der Waals surface area contributed by atoms with Crippen LogP contribution in [0.2, 0.25) is 0 Å². The summed E-state index contributed by atoms with van der Waals surface area (Å²) < 4.78 is 19.2. The fraction of sp³-hybridized carbons (Fsp3) is 0.667. The van der Waals surface area contributed by atoms with E-state index in [-0.39, 0.29) is 11.2 Å². The van der Waals surface area contributed by atoms with Gasteiger partial charge < -0.3 is 10.1 Å². The molecule has 2 nitrogen and oxygen atoms in total. The molecule has 1 aliphatic heterocycles. The van der Waals surface area contributed by atoms with E-state index in [0.29, 0.717) is 12.1 Å². The number of halogens is 1. The molecule has 1 aliphatic carbocycles. The van der Waals surface area contributed by atoms with Crippen LogP contribution in [0.25, 0.3) is 0 Å². The Hall–Kier alpha value is -0.930. The number of rotatable bonds is 6. The maximum atomic E-state index is 13.1. The molecule has 0 bridgehead atoms. The zero-order valence-corrected chi connectivity index (χ0v) is 13.1. The second-order valence-corrected chi connectivity index (χ2v) is 7.08. The number of nitrogens with one attached hydrogen (secondary N) is 1. The maximum Gasteiger partial charge on any atom is 0.123 e. The second-order valence-electron chi connectivity index (χ2n) is 7.08. The van der Waals surface area contributed by atoms with E-state index < -0.39 is 0 Å². The van der Waals surface area contributed by atoms with Gasteiger partial charge in [-0.2, -0.15) is 0 Å². The minimum Gasteiger partial charge on any atom is -0.377 e. The average molecular weight is 291 g/mol. The molecule has 116 valence electrons. The number of benzene rings is 1. The number of hydrogen-bond acceptors (Lipinski definition) is 2. The van der Waals surface area contributed by atoms with Crippen LogP contribution in [0, 0.1) is 17.2 Å². The smallest absolute Gasteiger partial charge is 0.123 e. The quantitative estimate of drug-likeness (QED) is 0.865. The Morgan fingerprint density at radius 2 is 2.00 bits per heavy atom. The van der Waals surface area contributed by atoms with Crippen LogP contribution in [0.3, 0.4) is 0 Å². The summed E-state index contributed by atoms with van der Waals surface area (Å²) >= 11 is 0. The Kier molecular flexibility index (Phi) is 4.32. The van der Waals surface area contributed by atoms with E-state index in [1.807, 2.05) is 12.1 Å². The molecule has 2 unspecified atom stereocenters. The van der Waals surface area contributed by atoms with Crippen LogP contribution >= 0.6 is 0 Å². The van der Waals surface area contributed by atoms with Gasteiger partial charge in [0.25, 0.3) is 0 Å². The van der Waals surface area contributed by atoms with Crippen molar-refractivity contribution in [3.63, 3.8) is 0 Å². The van der Waals surface area contributed by atoms with Crippen molar-refractivity contribution in [2.75, 3.05) is 13.2 Å². The lowest BCUT2D eigenvalue weighted by molar-refractivity contribution is 0.0298. The highest BCUT2D eigenvalue weighted by Crippen LogP contribution is 2.49.